The van der Waals surface area contributed by atoms with Gasteiger partial charge in [0.2, 0.25) is 0 Å². The second-order valence-corrected chi connectivity index (χ2v) is 8.63. The van der Waals surface area contributed by atoms with Crippen molar-refractivity contribution in [1.29, 1.82) is 0 Å². The molecule has 2 aromatic rings. The van der Waals surface area contributed by atoms with Crippen molar-refractivity contribution in [2.24, 2.45) is 0 Å². The molecule has 0 bridgehead atoms. The maximum atomic E-state index is 12.4. The number of anilines is 1. The van der Waals surface area contributed by atoms with Crippen molar-refractivity contribution in [3.63, 3.8) is 0 Å². The first kappa shape index (κ1) is 14.0. The minimum Gasteiger partial charge on any atom is -0.309 e. The van der Waals surface area contributed by atoms with Crippen LogP contribution in [0.25, 0.3) is 0 Å². The molecule has 0 saturated heterocycles. The minimum atomic E-state index is -3.55. The summed E-state index contributed by atoms with van der Waals surface area (Å²) in [5.74, 6) is 0. The maximum absolute atomic E-state index is 12.4. The van der Waals surface area contributed by atoms with Gasteiger partial charge in [-0.25, -0.2) is 13.4 Å². The molecule has 1 aliphatic rings. The summed E-state index contributed by atoms with van der Waals surface area (Å²) >= 11 is 2.80. The maximum Gasteiger partial charge on any atom is 0.264 e. The topological polar surface area (TPSA) is 71.1 Å². The third-order valence-corrected chi connectivity index (χ3v) is 6.40. The molecule has 0 unspecified atom stereocenters. The molecule has 108 valence electrons. The Morgan fingerprint density at radius 1 is 1.45 bits per heavy atom. The lowest BCUT2D eigenvalue weighted by molar-refractivity contribution is 0.599. The number of aryl methyl sites for hydroxylation is 1. The first-order chi connectivity index (χ1) is 9.54. The SMILES string of the molecule is Cc1cnc(NS(=O)(=O)c2ccsc2CNC2CC2)s1. The van der Waals surface area contributed by atoms with Crippen LogP contribution >= 0.6 is 22.7 Å². The number of thiophene rings is 1. The molecule has 2 heterocycles. The molecular weight excluding hydrogens is 314 g/mol. The van der Waals surface area contributed by atoms with Crippen molar-refractivity contribution in [2.45, 2.75) is 37.2 Å². The van der Waals surface area contributed by atoms with Crippen LogP contribution in [0.2, 0.25) is 0 Å². The van der Waals surface area contributed by atoms with E-state index in [1.807, 2.05) is 12.3 Å². The molecule has 8 heteroatoms. The molecule has 0 aliphatic heterocycles. The molecule has 5 nitrogen and oxygen atoms in total. The van der Waals surface area contributed by atoms with Crippen LogP contribution in [-0.4, -0.2) is 19.4 Å². The van der Waals surface area contributed by atoms with Gasteiger partial charge in [-0.05, 0) is 31.2 Å². The standard InChI is InChI=1S/C12H15N3O2S3/c1-8-6-14-12(19-8)15-20(16,17)11-4-5-18-10(11)7-13-9-2-3-9/h4-6,9,13H,2-3,7H2,1H3,(H,14,15). The zero-order valence-corrected chi connectivity index (χ0v) is 13.4. The number of hydrogen-bond acceptors (Lipinski definition) is 6. The Bertz CT molecular complexity index is 701. The van der Waals surface area contributed by atoms with Crippen LogP contribution in [-0.2, 0) is 16.6 Å². The van der Waals surface area contributed by atoms with E-state index < -0.39 is 10.0 Å². The van der Waals surface area contributed by atoms with Gasteiger partial charge in [0.05, 0.1) is 0 Å². The number of nitrogens with one attached hydrogen (secondary N) is 2. The van der Waals surface area contributed by atoms with E-state index in [0.717, 1.165) is 9.75 Å². The van der Waals surface area contributed by atoms with Crippen molar-refractivity contribution < 1.29 is 8.42 Å². The van der Waals surface area contributed by atoms with Crippen molar-refractivity contribution in [1.82, 2.24) is 10.3 Å². The lowest BCUT2D eigenvalue weighted by Gasteiger charge is -2.07. The Balaban J connectivity index is 1.77. The highest BCUT2D eigenvalue weighted by atomic mass is 32.2. The molecule has 0 radical (unpaired) electrons. The van der Waals surface area contributed by atoms with Crippen LogP contribution in [0.15, 0.2) is 22.5 Å². The summed E-state index contributed by atoms with van der Waals surface area (Å²) in [7, 11) is -3.55. The molecular formula is C12H15N3O2S3. The molecule has 0 amide bonds. The Hall–Kier alpha value is -0.960. The minimum absolute atomic E-state index is 0.350. The highest BCUT2D eigenvalue weighted by Gasteiger charge is 2.24. The van der Waals surface area contributed by atoms with E-state index in [2.05, 4.69) is 15.0 Å². The predicted molar refractivity (Wildman–Crippen MR) is 81.8 cm³/mol. The van der Waals surface area contributed by atoms with Crippen LogP contribution in [0.3, 0.4) is 0 Å². The van der Waals surface area contributed by atoms with Gasteiger partial charge in [-0.3, -0.25) is 4.72 Å². The van der Waals surface area contributed by atoms with Crippen molar-refractivity contribution in [3.8, 4) is 0 Å². The van der Waals surface area contributed by atoms with Gasteiger partial charge in [0.25, 0.3) is 10.0 Å². The average Bonchev–Trinajstić information content (AvgIpc) is 2.93. The van der Waals surface area contributed by atoms with Gasteiger partial charge in [0.15, 0.2) is 5.13 Å². The molecule has 0 spiro atoms. The van der Waals surface area contributed by atoms with E-state index in [-0.39, 0.29) is 0 Å². The third-order valence-electron chi connectivity index (χ3n) is 2.97. The summed E-state index contributed by atoms with van der Waals surface area (Å²) in [6.45, 7) is 2.50. The van der Waals surface area contributed by atoms with E-state index in [9.17, 15) is 8.42 Å². The van der Waals surface area contributed by atoms with Crippen LogP contribution in [0.1, 0.15) is 22.6 Å². The Morgan fingerprint density at radius 2 is 2.25 bits per heavy atom. The Morgan fingerprint density at radius 3 is 2.90 bits per heavy atom. The summed E-state index contributed by atoms with van der Waals surface area (Å²) in [4.78, 5) is 6.21. The predicted octanol–water partition coefficient (Wildman–Crippen LogP) is 2.57. The van der Waals surface area contributed by atoms with Crippen molar-refractivity contribution in [3.05, 3.63) is 27.4 Å². The fraction of sp³-hybridized carbons (Fsp3) is 0.417. The average molecular weight is 329 g/mol. The van der Waals surface area contributed by atoms with E-state index in [0.29, 0.717) is 22.6 Å². The smallest absolute Gasteiger partial charge is 0.264 e. The van der Waals surface area contributed by atoms with E-state index in [1.54, 1.807) is 12.3 Å². The first-order valence-electron chi connectivity index (χ1n) is 6.29. The number of thiazole rings is 1. The number of nitrogens with zero attached hydrogens (tertiary/aromatic N) is 1. The molecule has 1 fully saturated rings. The second-order valence-electron chi connectivity index (χ2n) is 4.74. The quantitative estimate of drug-likeness (QED) is 0.854. The van der Waals surface area contributed by atoms with Crippen LogP contribution < -0.4 is 10.0 Å². The van der Waals surface area contributed by atoms with Gasteiger partial charge in [-0.2, -0.15) is 0 Å². The van der Waals surface area contributed by atoms with Gasteiger partial charge in [-0.1, -0.05) is 0 Å². The third kappa shape index (κ3) is 3.20. The zero-order valence-electron chi connectivity index (χ0n) is 10.9. The van der Waals surface area contributed by atoms with Gasteiger partial charge >= 0.3 is 0 Å². The van der Waals surface area contributed by atoms with Crippen LogP contribution in [0.4, 0.5) is 5.13 Å². The zero-order chi connectivity index (χ0) is 14.2. The molecule has 3 rings (SSSR count). The summed E-state index contributed by atoms with van der Waals surface area (Å²) < 4.78 is 27.3. The molecule has 0 aromatic carbocycles. The monoisotopic (exact) mass is 329 g/mol. The summed E-state index contributed by atoms with van der Waals surface area (Å²) in [5.41, 5.74) is 0. The lowest BCUT2D eigenvalue weighted by atomic mass is 10.4. The normalized spacial score (nSPS) is 15.4. The fourth-order valence-corrected chi connectivity index (χ4v) is 5.10. The number of hydrogen-bond donors (Lipinski definition) is 2. The molecule has 0 atom stereocenters. The van der Waals surface area contributed by atoms with Gasteiger partial charge in [-0.15, -0.1) is 22.7 Å². The lowest BCUT2D eigenvalue weighted by Crippen LogP contribution is -2.18. The van der Waals surface area contributed by atoms with E-state index >= 15 is 0 Å². The van der Waals surface area contributed by atoms with Gasteiger partial charge in [0.1, 0.15) is 4.90 Å². The highest BCUT2D eigenvalue weighted by molar-refractivity contribution is 7.93. The van der Waals surface area contributed by atoms with E-state index in [4.69, 9.17) is 0 Å². The van der Waals surface area contributed by atoms with Crippen molar-refractivity contribution >= 4 is 37.8 Å². The number of sulfonamides is 1. The largest absolute Gasteiger partial charge is 0.309 e. The first-order valence-corrected chi connectivity index (χ1v) is 9.47. The Kier molecular flexibility index (Phi) is 3.80. The fourth-order valence-electron chi connectivity index (χ4n) is 1.79. The number of rotatable bonds is 6. The summed E-state index contributed by atoms with van der Waals surface area (Å²) in [6, 6.07) is 2.21. The van der Waals surface area contributed by atoms with Crippen molar-refractivity contribution in [2.75, 3.05) is 4.72 Å². The molecule has 1 aliphatic carbocycles. The Labute approximate surface area is 126 Å². The summed E-state index contributed by atoms with van der Waals surface area (Å²) in [5, 5.41) is 5.57. The number of aromatic nitrogens is 1. The molecule has 2 aromatic heterocycles. The van der Waals surface area contributed by atoms with E-state index in [1.165, 1.54) is 35.5 Å². The molecule has 20 heavy (non-hydrogen) atoms. The second kappa shape index (κ2) is 5.44. The molecule has 1 saturated carbocycles. The molecule has 2 N–H and O–H groups in total. The summed E-state index contributed by atoms with van der Waals surface area (Å²) in [6.07, 6.45) is 4.03. The van der Waals surface area contributed by atoms with Crippen LogP contribution in [0.5, 0.6) is 0 Å². The van der Waals surface area contributed by atoms with Crippen LogP contribution in [0, 0.1) is 6.92 Å². The van der Waals surface area contributed by atoms with Gasteiger partial charge in [0, 0.05) is 28.5 Å². The highest BCUT2D eigenvalue weighted by Crippen LogP contribution is 2.27. The van der Waals surface area contributed by atoms with Gasteiger partial charge < -0.3 is 5.32 Å².